The molecule has 15 heavy (non-hydrogen) atoms. The normalized spacial score (nSPS) is 11.5. The maximum absolute atomic E-state index is 11.0. The Balaban J connectivity index is 3.95. The first-order valence-electron chi connectivity index (χ1n) is 5.67. The number of hydrogen-bond donors (Lipinski definition) is 2. The lowest BCUT2D eigenvalue weighted by atomic mass is 10.1. The SMILES string of the molecule is CC(C)CN(CCC(=O)NN)CC(C)C. The number of hydrogen-bond acceptors (Lipinski definition) is 3. The van der Waals surface area contributed by atoms with Crippen LogP contribution in [-0.2, 0) is 4.79 Å². The van der Waals surface area contributed by atoms with E-state index in [1.807, 2.05) is 0 Å². The maximum atomic E-state index is 11.0. The number of rotatable bonds is 7. The monoisotopic (exact) mass is 215 g/mol. The molecule has 3 N–H and O–H groups in total. The molecule has 4 nitrogen and oxygen atoms in total. The summed E-state index contributed by atoms with van der Waals surface area (Å²) in [6.07, 6.45) is 0.482. The minimum absolute atomic E-state index is 0.0903. The van der Waals surface area contributed by atoms with E-state index in [1.165, 1.54) is 0 Å². The van der Waals surface area contributed by atoms with Gasteiger partial charge in [-0.3, -0.25) is 10.2 Å². The second kappa shape index (κ2) is 7.65. The molecule has 0 bridgehead atoms. The lowest BCUT2D eigenvalue weighted by Gasteiger charge is -2.25. The molecule has 0 aromatic rings. The Morgan fingerprint density at radius 2 is 1.67 bits per heavy atom. The molecule has 0 spiro atoms. The summed E-state index contributed by atoms with van der Waals surface area (Å²) in [6, 6.07) is 0. The fourth-order valence-electron chi connectivity index (χ4n) is 1.62. The molecule has 4 heteroatoms. The largest absolute Gasteiger partial charge is 0.302 e. The van der Waals surface area contributed by atoms with Gasteiger partial charge in [-0.1, -0.05) is 27.7 Å². The smallest absolute Gasteiger partial charge is 0.235 e. The van der Waals surface area contributed by atoms with Gasteiger partial charge in [-0.25, -0.2) is 5.84 Å². The van der Waals surface area contributed by atoms with Gasteiger partial charge in [0.15, 0.2) is 0 Å². The third kappa shape index (κ3) is 8.39. The van der Waals surface area contributed by atoms with Crippen molar-refractivity contribution in [2.24, 2.45) is 17.7 Å². The van der Waals surface area contributed by atoms with E-state index < -0.39 is 0 Å². The van der Waals surface area contributed by atoms with Gasteiger partial charge in [0, 0.05) is 26.1 Å². The van der Waals surface area contributed by atoms with Gasteiger partial charge in [0.2, 0.25) is 5.91 Å². The number of nitrogens with one attached hydrogen (secondary N) is 1. The van der Waals surface area contributed by atoms with Crippen LogP contribution in [0.3, 0.4) is 0 Å². The fraction of sp³-hybridized carbons (Fsp3) is 0.909. The second-order valence-corrected chi connectivity index (χ2v) is 4.86. The van der Waals surface area contributed by atoms with Crippen molar-refractivity contribution >= 4 is 5.91 Å². The molecule has 0 aliphatic heterocycles. The average Bonchev–Trinajstić information content (AvgIpc) is 2.11. The van der Waals surface area contributed by atoms with Gasteiger partial charge in [0.05, 0.1) is 0 Å². The van der Waals surface area contributed by atoms with Gasteiger partial charge in [0.1, 0.15) is 0 Å². The van der Waals surface area contributed by atoms with Crippen molar-refractivity contribution in [3.8, 4) is 0 Å². The Bertz CT molecular complexity index is 171. The van der Waals surface area contributed by atoms with Crippen LogP contribution in [0.5, 0.6) is 0 Å². The third-order valence-corrected chi connectivity index (χ3v) is 2.06. The van der Waals surface area contributed by atoms with E-state index in [0.29, 0.717) is 18.3 Å². The molecule has 90 valence electrons. The molecule has 0 atom stereocenters. The zero-order valence-electron chi connectivity index (χ0n) is 10.4. The molecule has 0 radical (unpaired) electrons. The Labute approximate surface area is 93.2 Å². The number of hydrazine groups is 1. The standard InChI is InChI=1S/C11H25N3O/c1-9(2)7-14(8-10(3)4)6-5-11(15)13-12/h9-10H,5-8,12H2,1-4H3,(H,13,15). The van der Waals surface area contributed by atoms with Crippen LogP contribution < -0.4 is 11.3 Å². The molecule has 0 unspecified atom stereocenters. The van der Waals surface area contributed by atoms with Crippen molar-refractivity contribution < 1.29 is 4.79 Å². The summed E-state index contributed by atoms with van der Waals surface area (Å²) in [5, 5.41) is 0. The highest BCUT2D eigenvalue weighted by atomic mass is 16.2. The Kier molecular flexibility index (Phi) is 7.34. The highest BCUT2D eigenvalue weighted by Crippen LogP contribution is 2.04. The Morgan fingerprint density at radius 3 is 2.00 bits per heavy atom. The molecule has 0 heterocycles. The highest BCUT2D eigenvalue weighted by Gasteiger charge is 2.10. The van der Waals surface area contributed by atoms with E-state index in [0.717, 1.165) is 19.6 Å². The van der Waals surface area contributed by atoms with E-state index in [-0.39, 0.29) is 5.91 Å². The summed E-state index contributed by atoms with van der Waals surface area (Å²) in [6.45, 7) is 11.6. The Hall–Kier alpha value is -0.610. The lowest BCUT2D eigenvalue weighted by molar-refractivity contribution is -0.121. The van der Waals surface area contributed by atoms with E-state index >= 15 is 0 Å². The highest BCUT2D eigenvalue weighted by molar-refractivity contribution is 5.75. The van der Waals surface area contributed by atoms with E-state index in [2.05, 4.69) is 38.0 Å². The van der Waals surface area contributed by atoms with E-state index in [4.69, 9.17) is 5.84 Å². The average molecular weight is 215 g/mol. The third-order valence-electron chi connectivity index (χ3n) is 2.06. The summed E-state index contributed by atoms with van der Waals surface area (Å²) in [5.74, 6) is 6.21. The molecule has 1 amide bonds. The van der Waals surface area contributed by atoms with Crippen molar-refractivity contribution in [3.05, 3.63) is 0 Å². The van der Waals surface area contributed by atoms with Crippen molar-refractivity contribution in [1.82, 2.24) is 10.3 Å². The molecule has 0 aliphatic rings. The van der Waals surface area contributed by atoms with E-state index in [9.17, 15) is 4.79 Å². The second-order valence-electron chi connectivity index (χ2n) is 4.86. The fourth-order valence-corrected chi connectivity index (χ4v) is 1.62. The van der Waals surface area contributed by atoms with Gasteiger partial charge >= 0.3 is 0 Å². The van der Waals surface area contributed by atoms with Crippen LogP contribution in [0.2, 0.25) is 0 Å². The molecule has 0 aromatic carbocycles. The number of nitrogens with two attached hydrogens (primary N) is 1. The number of amides is 1. The van der Waals surface area contributed by atoms with E-state index in [1.54, 1.807) is 0 Å². The van der Waals surface area contributed by atoms with Crippen LogP contribution in [0.1, 0.15) is 34.1 Å². The van der Waals surface area contributed by atoms with Crippen LogP contribution in [0.4, 0.5) is 0 Å². The van der Waals surface area contributed by atoms with Gasteiger partial charge < -0.3 is 4.90 Å². The van der Waals surface area contributed by atoms with Crippen LogP contribution in [0.25, 0.3) is 0 Å². The summed E-state index contributed by atoms with van der Waals surface area (Å²) in [5.41, 5.74) is 2.16. The van der Waals surface area contributed by atoms with Gasteiger partial charge in [0.25, 0.3) is 0 Å². The van der Waals surface area contributed by atoms with Gasteiger partial charge in [-0.2, -0.15) is 0 Å². The quantitative estimate of drug-likeness (QED) is 0.378. The molecule has 0 rings (SSSR count). The molecular weight excluding hydrogens is 190 g/mol. The predicted molar refractivity (Wildman–Crippen MR) is 63.1 cm³/mol. The van der Waals surface area contributed by atoms with Crippen molar-refractivity contribution in [2.45, 2.75) is 34.1 Å². The van der Waals surface area contributed by atoms with Crippen LogP contribution in [-0.4, -0.2) is 30.4 Å². The summed E-state index contributed by atoms with van der Waals surface area (Å²) < 4.78 is 0. The molecule has 0 aromatic heterocycles. The number of nitrogens with zero attached hydrogens (tertiary/aromatic N) is 1. The van der Waals surface area contributed by atoms with Crippen molar-refractivity contribution in [1.29, 1.82) is 0 Å². The first-order chi connectivity index (χ1) is 6.95. The zero-order chi connectivity index (χ0) is 11.8. The zero-order valence-corrected chi connectivity index (χ0v) is 10.4. The number of carbonyl (C=O) groups is 1. The number of carbonyl (C=O) groups excluding carboxylic acids is 1. The molecular formula is C11H25N3O. The lowest BCUT2D eigenvalue weighted by Crippen LogP contribution is -2.37. The van der Waals surface area contributed by atoms with Crippen molar-refractivity contribution in [3.63, 3.8) is 0 Å². The molecule has 0 aliphatic carbocycles. The first-order valence-corrected chi connectivity index (χ1v) is 5.67. The van der Waals surface area contributed by atoms with Gasteiger partial charge in [-0.15, -0.1) is 0 Å². The Morgan fingerprint density at radius 1 is 1.20 bits per heavy atom. The first kappa shape index (κ1) is 14.4. The predicted octanol–water partition coefficient (Wildman–Crippen LogP) is 0.980. The summed E-state index contributed by atoms with van der Waals surface area (Å²) in [7, 11) is 0. The molecule has 0 fully saturated rings. The molecule has 0 saturated heterocycles. The summed E-state index contributed by atoms with van der Waals surface area (Å²) in [4.78, 5) is 13.3. The van der Waals surface area contributed by atoms with Crippen LogP contribution in [0.15, 0.2) is 0 Å². The maximum Gasteiger partial charge on any atom is 0.235 e. The van der Waals surface area contributed by atoms with Crippen molar-refractivity contribution in [2.75, 3.05) is 19.6 Å². The van der Waals surface area contributed by atoms with Crippen LogP contribution in [0, 0.1) is 11.8 Å². The van der Waals surface area contributed by atoms with Gasteiger partial charge in [-0.05, 0) is 11.8 Å². The summed E-state index contributed by atoms with van der Waals surface area (Å²) >= 11 is 0. The molecule has 0 saturated carbocycles. The topological polar surface area (TPSA) is 58.4 Å². The minimum atomic E-state index is -0.0903. The minimum Gasteiger partial charge on any atom is -0.302 e. The van der Waals surface area contributed by atoms with Crippen LogP contribution >= 0.6 is 0 Å².